The predicted octanol–water partition coefficient (Wildman–Crippen LogP) is 1.78. The monoisotopic (exact) mass is 431 g/mol. The normalized spacial score (nSPS) is 15.3. The second-order valence-corrected chi connectivity index (χ2v) is 6.38. The summed E-state index contributed by atoms with van der Waals surface area (Å²) in [6.45, 7) is 3.73. The molecule has 0 aliphatic carbocycles. The van der Waals surface area contributed by atoms with E-state index in [1.165, 1.54) is 6.26 Å². The molecule has 1 amide bonds. The summed E-state index contributed by atoms with van der Waals surface area (Å²) in [6.07, 6.45) is 0.889. The van der Waals surface area contributed by atoms with Gasteiger partial charge in [-0.3, -0.25) is 9.69 Å². The zero-order valence-electron chi connectivity index (χ0n) is 15.5. The van der Waals surface area contributed by atoms with Crippen LogP contribution in [0.3, 0.4) is 0 Å². The van der Waals surface area contributed by atoms with Gasteiger partial charge in [0.05, 0.1) is 12.1 Å². The molecule has 0 radical (unpaired) electrons. The Morgan fingerprint density at radius 3 is 2.46 bits per heavy atom. The number of aliphatic hydroxyl groups excluding tert-OH is 1. The highest BCUT2D eigenvalue weighted by Crippen LogP contribution is 2.13. The minimum Gasteiger partial charge on any atom is -0.491 e. The van der Waals surface area contributed by atoms with Crippen molar-refractivity contribution in [3.63, 3.8) is 0 Å². The smallest absolute Gasteiger partial charge is 0.257 e. The molecule has 3 rings (SSSR count). The van der Waals surface area contributed by atoms with Gasteiger partial charge in [-0.25, -0.2) is 0 Å². The molecule has 28 heavy (non-hydrogen) atoms. The third kappa shape index (κ3) is 6.68. The molecule has 1 atom stereocenters. The standard InChI is InChI=1S/C19H25N3O4.2ClH/c20-11-18-10-15(13-25-18)19(24)22-8-6-21(7-9-22)12-16(23)14-26-17-4-2-1-3-5-17;;/h1-5,10,13,16,23H,6-9,11-12,14,20H2;2*1H. The van der Waals surface area contributed by atoms with Crippen molar-refractivity contribution < 1.29 is 19.1 Å². The Morgan fingerprint density at radius 2 is 1.86 bits per heavy atom. The van der Waals surface area contributed by atoms with Gasteiger partial charge in [-0.15, -0.1) is 24.8 Å². The molecular weight excluding hydrogens is 405 g/mol. The van der Waals surface area contributed by atoms with Crippen LogP contribution in [0.5, 0.6) is 5.75 Å². The summed E-state index contributed by atoms with van der Waals surface area (Å²) in [5.41, 5.74) is 6.05. The van der Waals surface area contributed by atoms with Crippen molar-refractivity contribution in [3.8, 4) is 5.75 Å². The summed E-state index contributed by atoms with van der Waals surface area (Å²) in [5, 5.41) is 10.2. The van der Waals surface area contributed by atoms with Crippen LogP contribution in [0.1, 0.15) is 16.1 Å². The third-order valence-electron chi connectivity index (χ3n) is 4.42. The van der Waals surface area contributed by atoms with Crippen molar-refractivity contribution in [2.75, 3.05) is 39.3 Å². The number of nitrogens with two attached hydrogens (primary N) is 1. The van der Waals surface area contributed by atoms with E-state index in [0.29, 0.717) is 31.0 Å². The molecule has 1 fully saturated rings. The fourth-order valence-corrected chi connectivity index (χ4v) is 2.98. The Morgan fingerprint density at radius 1 is 1.18 bits per heavy atom. The second kappa shape index (κ2) is 11.9. The Bertz CT molecular complexity index is 706. The van der Waals surface area contributed by atoms with E-state index < -0.39 is 6.10 Å². The first-order valence-corrected chi connectivity index (χ1v) is 8.80. The van der Waals surface area contributed by atoms with E-state index in [4.69, 9.17) is 14.9 Å². The molecule has 1 unspecified atom stereocenters. The summed E-state index contributed by atoms with van der Waals surface area (Å²) >= 11 is 0. The molecule has 156 valence electrons. The van der Waals surface area contributed by atoms with Crippen molar-refractivity contribution in [3.05, 3.63) is 54.0 Å². The first-order chi connectivity index (χ1) is 12.7. The molecule has 7 nitrogen and oxygen atoms in total. The molecule has 0 bridgehead atoms. The van der Waals surface area contributed by atoms with Gasteiger partial charge in [-0.05, 0) is 18.2 Å². The van der Waals surface area contributed by atoms with Crippen molar-refractivity contribution in [2.45, 2.75) is 12.6 Å². The first kappa shape index (κ1) is 24.3. The first-order valence-electron chi connectivity index (χ1n) is 8.80. The number of rotatable bonds is 7. The van der Waals surface area contributed by atoms with E-state index in [-0.39, 0.29) is 43.9 Å². The topological polar surface area (TPSA) is 92.2 Å². The van der Waals surface area contributed by atoms with Gasteiger partial charge in [0.1, 0.15) is 30.5 Å². The lowest BCUT2D eigenvalue weighted by Crippen LogP contribution is -2.50. The van der Waals surface area contributed by atoms with Gasteiger partial charge in [0.2, 0.25) is 0 Å². The van der Waals surface area contributed by atoms with Gasteiger partial charge in [-0.1, -0.05) is 18.2 Å². The molecule has 1 saturated heterocycles. The molecule has 2 heterocycles. The van der Waals surface area contributed by atoms with Gasteiger partial charge in [0.25, 0.3) is 5.91 Å². The van der Waals surface area contributed by atoms with Gasteiger partial charge in [0.15, 0.2) is 0 Å². The Balaban J connectivity index is 0.00000196. The maximum Gasteiger partial charge on any atom is 0.257 e. The lowest BCUT2D eigenvalue weighted by atomic mass is 10.2. The molecule has 1 aliphatic heterocycles. The minimum atomic E-state index is -0.571. The number of aliphatic hydroxyl groups is 1. The lowest BCUT2D eigenvalue weighted by Gasteiger charge is -2.35. The van der Waals surface area contributed by atoms with Gasteiger partial charge in [-0.2, -0.15) is 0 Å². The summed E-state index contributed by atoms with van der Waals surface area (Å²) in [6, 6.07) is 11.1. The Hall–Kier alpha value is -1.77. The van der Waals surface area contributed by atoms with Crippen LogP contribution < -0.4 is 10.5 Å². The van der Waals surface area contributed by atoms with Gasteiger partial charge in [0, 0.05) is 32.7 Å². The van der Waals surface area contributed by atoms with E-state index in [9.17, 15) is 9.90 Å². The number of furan rings is 1. The SMILES string of the molecule is Cl.Cl.NCc1cc(C(=O)N2CCN(CC(O)COc3ccccc3)CC2)co1. The third-order valence-corrected chi connectivity index (χ3v) is 4.42. The summed E-state index contributed by atoms with van der Waals surface area (Å²) < 4.78 is 10.8. The van der Waals surface area contributed by atoms with Crippen LogP contribution in [0, 0.1) is 0 Å². The zero-order valence-corrected chi connectivity index (χ0v) is 17.2. The van der Waals surface area contributed by atoms with Crippen LogP contribution in [0.4, 0.5) is 0 Å². The number of hydrogen-bond donors (Lipinski definition) is 2. The van der Waals surface area contributed by atoms with Gasteiger partial charge >= 0.3 is 0 Å². The van der Waals surface area contributed by atoms with Crippen molar-refractivity contribution in [1.29, 1.82) is 0 Å². The van der Waals surface area contributed by atoms with E-state index in [2.05, 4.69) is 4.90 Å². The van der Waals surface area contributed by atoms with Crippen molar-refractivity contribution in [1.82, 2.24) is 9.80 Å². The van der Waals surface area contributed by atoms with E-state index in [1.807, 2.05) is 30.3 Å². The van der Waals surface area contributed by atoms with Crippen LogP contribution in [0.15, 0.2) is 47.1 Å². The number of amides is 1. The molecule has 1 aromatic carbocycles. The number of halogens is 2. The van der Waals surface area contributed by atoms with Crippen LogP contribution in [0.25, 0.3) is 0 Å². The molecule has 1 aromatic heterocycles. The summed E-state index contributed by atoms with van der Waals surface area (Å²) in [7, 11) is 0. The average molecular weight is 432 g/mol. The molecule has 9 heteroatoms. The van der Waals surface area contributed by atoms with Crippen LogP contribution in [-0.2, 0) is 6.54 Å². The highest BCUT2D eigenvalue weighted by molar-refractivity contribution is 5.94. The molecule has 1 aliphatic rings. The number of ether oxygens (including phenoxy) is 1. The van der Waals surface area contributed by atoms with E-state index in [0.717, 1.165) is 18.8 Å². The second-order valence-electron chi connectivity index (χ2n) is 6.38. The number of β-amino-alcohol motifs (C(OH)–C–C–N with tert-alkyl or cyclic N) is 1. The van der Waals surface area contributed by atoms with E-state index >= 15 is 0 Å². The van der Waals surface area contributed by atoms with Crippen LogP contribution in [-0.4, -0.2) is 66.2 Å². The maximum atomic E-state index is 12.5. The molecule has 3 N–H and O–H groups in total. The highest BCUT2D eigenvalue weighted by Gasteiger charge is 2.24. The van der Waals surface area contributed by atoms with Crippen LogP contribution >= 0.6 is 24.8 Å². The quantitative estimate of drug-likeness (QED) is 0.693. The largest absolute Gasteiger partial charge is 0.491 e. The number of nitrogens with zero attached hydrogens (tertiary/aromatic N) is 2. The number of carbonyl (C=O) groups excluding carboxylic acids is 1. The fourth-order valence-electron chi connectivity index (χ4n) is 2.98. The molecular formula is C19H27Cl2N3O4. The van der Waals surface area contributed by atoms with Gasteiger partial charge < -0.3 is 24.9 Å². The maximum absolute atomic E-state index is 12.5. The summed E-state index contributed by atoms with van der Waals surface area (Å²) in [4.78, 5) is 16.4. The predicted molar refractivity (Wildman–Crippen MR) is 111 cm³/mol. The number of para-hydroxylation sites is 1. The summed E-state index contributed by atoms with van der Waals surface area (Å²) in [5.74, 6) is 1.31. The molecule has 2 aromatic rings. The minimum absolute atomic E-state index is 0. The van der Waals surface area contributed by atoms with E-state index in [1.54, 1.807) is 11.0 Å². The average Bonchev–Trinajstić information content (AvgIpc) is 3.16. The Kier molecular flexibility index (Phi) is 10.3. The molecule has 0 saturated carbocycles. The number of hydrogen-bond acceptors (Lipinski definition) is 6. The zero-order chi connectivity index (χ0) is 18.4. The number of carbonyl (C=O) groups is 1. The highest BCUT2D eigenvalue weighted by atomic mass is 35.5. The van der Waals surface area contributed by atoms with Crippen molar-refractivity contribution in [2.24, 2.45) is 5.73 Å². The molecule has 0 spiro atoms. The lowest BCUT2D eigenvalue weighted by molar-refractivity contribution is 0.0403. The van der Waals surface area contributed by atoms with Crippen molar-refractivity contribution >= 4 is 30.7 Å². The van der Waals surface area contributed by atoms with Crippen LogP contribution in [0.2, 0.25) is 0 Å². The fraction of sp³-hybridized carbons (Fsp3) is 0.421. The number of benzene rings is 1. The number of piperazine rings is 1. The Labute approximate surface area is 177 Å².